The Hall–Kier alpha value is -1.71. The van der Waals surface area contributed by atoms with Crippen LogP contribution in [0.4, 0.5) is 5.69 Å². The molecular formula is C14H11Cl2NO2. The van der Waals surface area contributed by atoms with Crippen LogP contribution in [0.2, 0.25) is 10.0 Å². The van der Waals surface area contributed by atoms with Gasteiger partial charge in [-0.2, -0.15) is 0 Å². The molecule has 0 aliphatic heterocycles. The van der Waals surface area contributed by atoms with Gasteiger partial charge in [0.25, 0.3) is 0 Å². The minimum Gasteiger partial charge on any atom is -0.465 e. The lowest BCUT2D eigenvalue weighted by Crippen LogP contribution is -2.06. The van der Waals surface area contributed by atoms with Gasteiger partial charge in [-0.05, 0) is 29.8 Å². The minimum absolute atomic E-state index is 0.250. The first kappa shape index (κ1) is 13.7. The van der Waals surface area contributed by atoms with E-state index in [-0.39, 0.29) is 5.56 Å². The molecule has 3 nitrogen and oxygen atoms in total. The number of nitrogens with two attached hydrogens (primary N) is 1. The van der Waals surface area contributed by atoms with Gasteiger partial charge in [-0.15, -0.1) is 0 Å². The second-order valence-electron chi connectivity index (χ2n) is 3.91. The van der Waals surface area contributed by atoms with Crippen molar-refractivity contribution in [3.8, 4) is 11.1 Å². The summed E-state index contributed by atoms with van der Waals surface area (Å²) in [6, 6.07) is 10.3. The highest BCUT2D eigenvalue weighted by molar-refractivity contribution is 6.32. The van der Waals surface area contributed by atoms with Crippen LogP contribution in [-0.2, 0) is 4.74 Å². The lowest BCUT2D eigenvalue weighted by Gasteiger charge is -2.11. The third kappa shape index (κ3) is 2.83. The molecule has 19 heavy (non-hydrogen) atoms. The van der Waals surface area contributed by atoms with Crippen LogP contribution in [-0.4, -0.2) is 13.1 Å². The van der Waals surface area contributed by atoms with E-state index in [2.05, 4.69) is 4.74 Å². The topological polar surface area (TPSA) is 52.3 Å². The highest BCUT2D eigenvalue weighted by Crippen LogP contribution is 2.33. The summed E-state index contributed by atoms with van der Waals surface area (Å²) < 4.78 is 4.68. The molecule has 0 spiro atoms. The molecule has 5 heteroatoms. The van der Waals surface area contributed by atoms with Gasteiger partial charge in [0.2, 0.25) is 0 Å². The number of rotatable bonds is 2. The van der Waals surface area contributed by atoms with Crippen molar-refractivity contribution in [3.63, 3.8) is 0 Å². The summed E-state index contributed by atoms with van der Waals surface area (Å²) in [6.07, 6.45) is 0. The van der Waals surface area contributed by atoms with Gasteiger partial charge >= 0.3 is 5.97 Å². The van der Waals surface area contributed by atoms with Crippen molar-refractivity contribution in [2.75, 3.05) is 12.8 Å². The Bertz CT molecular complexity index is 624. The largest absolute Gasteiger partial charge is 0.465 e. The van der Waals surface area contributed by atoms with Crippen molar-refractivity contribution in [3.05, 3.63) is 52.0 Å². The van der Waals surface area contributed by atoms with Gasteiger partial charge < -0.3 is 10.5 Å². The number of carbonyl (C=O) groups is 1. The minimum atomic E-state index is -0.518. The molecule has 0 saturated heterocycles. The van der Waals surface area contributed by atoms with Crippen LogP contribution in [0.1, 0.15) is 10.4 Å². The van der Waals surface area contributed by atoms with Crippen molar-refractivity contribution in [1.29, 1.82) is 0 Å². The number of hydrogen-bond donors (Lipinski definition) is 1. The number of methoxy groups -OCH3 is 1. The molecule has 2 aromatic rings. The number of benzene rings is 2. The number of anilines is 1. The third-order valence-electron chi connectivity index (χ3n) is 2.71. The fourth-order valence-electron chi connectivity index (χ4n) is 1.77. The number of nitrogen functional groups attached to an aromatic ring is 1. The Labute approximate surface area is 120 Å². The van der Waals surface area contributed by atoms with E-state index in [9.17, 15) is 4.79 Å². The summed E-state index contributed by atoms with van der Waals surface area (Å²) in [5, 5.41) is 1.04. The summed E-state index contributed by atoms with van der Waals surface area (Å²) in [6.45, 7) is 0. The van der Waals surface area contributed by atoms with Crippen LogP contribution in [0, 0.1) is 0 Å². The van der Waals surface area contributed by atoms with Gasteiger partial charge in [0.15, 0.2) is 0 Å². The maximum absolute atomic E-state index is 11.6. The highest BCUT2D eigenvalue weighted by atomic mass is 35.5. The predicted molar refractivity (Wildman–Crippen MR) is 77.6 cm³/mol. The first-order valence-corrected chi connectivity index (χ1v) is 6.22. The van der Waals surface area contributed by atoms with Gasteiger partial charge in [-0.3, -0.25) is 0 Å². The lowest BCUT2D eigenvalue weighted by atomic mass is 10.0. The summed E-state index contributed by atoms with van der Waals surface area (Å²) in [7, 11) is 1.30. The first-order chi connectivity index (χ1) is 9.02. The Morgan fingerprint density at radius 3 is 2.32 bits per heavy atom. The van der Waals surface area contributed by atoms with Crippen LogP contribution in [0.3, 0.4) is 0 Å². The number of carbonyl (C=O) groups excluding carboxylic acids is 1. The molecule has 0 aliphatic carbocycles. The average molecular weight is 296 g/mol. The molecule has 0 radical (unpaired) electrons. The number of hydrogen-bond acceptors (Lipinski definition) is 3. The van der Waals surface area contributed by atoms with Crippen molar-refractivity contribution >= 4 is 34.9 Å². The van der Waals surface area contributed by atoms with E-state index in [0.29, 0.717) is 21.3 Å². The molecule has 98 valence electrons. The molecule has 2 rings (SSSR count). The highest BCUT2D eigenvalue weighted by Gasteiger charge is 2.15. The first-order valence-electron chi connectivity index (χ1n) is 5.46. The van der Waals surface area contributed by atoms with Gasteiger partial charge in [-0.1, -0.05) is 35.3 Å². The Balaban J connectivity index is 2.60. The molecule has 2 N–H and O–H groups in total. The van der Waals surface area contributed by atoms with E-state index < -0.39 is 5.97 Å². The van der Waals surface area contributed by atoms with Crippen molar-refractivity contribution in [1.82, 2.24) is 0 Å². The second-order valence-corrected chi connectivity index (χ2v) is 4.79. The smallest absolute Gasteiger partial charge is 0.340 e. The number of esters is 1. The number of ether oxygens (including phenoxy) is 1. The van der Waals surface area contributed by atoms with Crippen LogP contribution in [0.25, 0.3) is 11.1 Å². The summed E-state index contributed by atoms with van der Waals surface area (Å²) in [4.78, 5) is 11.6. The summed E-state index contributed by atoms with van der Waals surface area (Å²) in [5.41, 5.74) is 8.09. The SMILES string of the molecule is COC(=O)c1cc(Cl)cc(-c2ccc(Cl)cc2)c1N. The van der Waals surface area contributed by atoms with E-state index in [1.807, 2.05) is 12.1 Å². The second kappa shape index (κ2) is 5.51. The Morgan fingerprint density at radius 2 is 1.74 bits per heavy atom. The zero-order valence-electron chi connectivity index (χ0n) is 10.1. The maximum atomic E-state index is 11.6. The van der Waals surface area contributed by atoms with E-state index in [4.69, 9.17) is 28.9 Å². The molecule has 0 atom stereocenters. The molecule has 0 saturated carbocycles. The summed E-state index contributed by atoms with van der Waals surface area (Å²) in [5.74, 6) is -0.518. The Kier molecular flexibility index (Phi) is 3.98. The molecule has 0 unspecified atom stereocenters. The normalized spacial score (nSPS) is 10.3. The monoisotopic (exact) mass is 295 g/mol. The quantitative estimate of drug-likeness (QED) is 0.672. The van der Waals surface area contributed by atoms with Gasteiger partial charge in [0, 0.05) is 15.6 Å². The van der Waals surface area contributed by atoms with Gasteiger partial charge in [0.05, 0.1) is 18.4 Å². The van der Waals surface area contributed by atoms with Crippen molar-refractivity contribution < 1.29 is 9.53 Å². The lowest BCUT2D eigenvalue weighted by molar-refractivity contribution is 0.0602. The molecule has 0 heterocycles. The maximum Gasteiger partial charge on any atom is 0.340 e. The molecule has 0 bridgehead atoms. The fraction of sp³-hybridized carbons (Fsp3) is 0.0714. The molecular weight excluding hydrogens is 285 g/mol. The van der Waals surface area contributed by atoms with Gasteiger partial charge in [0.1, 0.15) is 0 Å². The fourth-order valence-corrected chi connectivity index (χ4v) is 2.11. The standard InChI is InChI=1S/C14H11Cl2NO2/c1-19-14(18)12-7-10(16)6-11(13(12)17)8-2-4-9(15)5-3-8/h2-7H,17H2,1H3. The Morgan fingerprint density at radius 1 is 1.11 bits per heavy atom. The average Bonchev–Trinajstić information content (AvgIpc) is 2.41. The van der Waals surface area contributed by atoms with E-state index in [0.717, 1.165) is 5.56 Å². The van der Waals surface area contributed by atoms with Crippen LogP contribution in [0.15, 0.2) is 36.4 Å². The van der Waals surface area contributed by atoms with Crippen LogP contribution >= 0.6 is 23.2 Å². The molecule has 0 fully saturated rings. The number of halogens is 2. The van der Waals surface area contributed by atoms with E-state index in [1.54, 1.807) is 18.2 Å². The van der Waals surface area contributed by atoms with Crippen LogP contribution < -0.4 is 5.73 Å². The summed E-state index contributed by atoms with van der Waals surface area (Å²) >= 11 is 11.9. The van der Waals surface area contributed by atoms with Crippen molar-refractivity contribution in [2.45, 2.75) is 0 Å². The van der Waals surface area contributed by atoms with Crippen molar-refractivity contribution in [2.24, 2.45) is 0 Å². The van der Waals surface area contributed by atoms with Gasteiger partial charge in [-0.25, -0.2) is 4.79 Å². The predicted octanol–water partition coefficient (Wildman–Crippen LogP) is 4.03. The third-order valence-corrected chi connectivity index (χ3v) is 3.18. The zero-order chi connectivity index (χ0) is 14.0. The molecule has 0 amide bonds. The molecule has 0 aliphatic rings. The van der Waals surface area contributed by atoms with E-state index >= 15 is 0 Å². The van der Waals surface area contributed by atoms with Crippen LogP contribution in [0.5, 0.6) is 0 Å². The zero-order valence-corrected chi connectivity index (χ0v) is 11.6. The van der Waals surface area contributed by atoms with E-state index in [1.165, 1.54) is 13.2 Å². The molecule has 2 aromatic carbocycles. The molecule has 0 aromatic heterocycles.